The van der Waals surface area contributed by atoms with E-state index in [-0.39, 0.29) is 30.0 Å². The summed E-state index contributed by atoms with van der Waals surface area (Å²) >= 11 is 0. The van der Waals surface area contributed by atoms with Gasteiger partial charge in [-0.25, -0.2) is 0 Å². The van der Waals surface area contributed by atoms with Crippen LogP contribution in [0.5, 0.6) is 0 Å². The van der Waals surface area contributed by atoms with Crippen molar-refractivity contribution in [2.45, 2.75) is 77.2 Å². The molecule has 0 heterocycles. The van der Waals surface area contributed by atoms with E-state index in [1.807, 2.05) is 6.08 Å². The zero-order valence-corrected chi connectivity index (χ0v) is 16.6. The van der Waals surface area contributed by atoms with Gasteiger partial charge in [-0.15, -0.1) is 0 Å². The molecular formula is C23H36O4. The van der Waals surface area contributed by atoms with E-state index < -0.39 is 5.97 Å². The Bertz CT molecular complexity index is 575. The number of fused-ring (bicyclic) bond motifs is 1. The number of allylic oxidation sites excluding steroid dienone is 2. The van der Waals surface area contributed by atoms with Crippen molar-refractivity contribution in [3.05, 3.63) is 23.8 Å². The Labute approximate surface area is 163 Å². The molecule has 0 amide bonds. The molecule has 4 nitrogen and oxygen atoms in total. The number of aliphatic hydroxyl groups excluding tert-OH is 2. The van der Waals surface area contributed by atoms with Crippen molar-refractivity contribution in [3.8, 4) is 0 Å². The van der Waals surface area contributed by atoms with Gasteiger partial charge in [-0.2, -0.15) is 0 Å². The van der Waals surface area contributed by atoms with E-state index in [0.717, 1.165) is 57.8 Å². The highest BCUT2D eigenvalue weighted by molar-refractivity contribution is 5.71. The fourth-order valence-electron chi connectivity index (χ4n) is 6.20. The minimum Gasteiger partial charge on any atom is -0.481 e. The Kier molecular flexibility index (Phi) is 6.80. The third kappa shape index (κ3) is 4.32. The molecule has 4 heteroatoms. The minimum atomic E-state index is -0.609. The molecule has 5 atom stereocenters. The second-order valence-corrected chi connectivity index (χ2v) is 9.12. The molecule has 3 aliphatic rings. The third-order valence-electron chi connectivity index (χ3n) is 7.60. The molecule has 0 bridgehead atoms. The van der Waals surface area contributed by atoms with E-state index >= 15 is 0 Å². The lowest BCUT2D eigenvalue weighted by molar-refractivity contribution is -0.150. The molecule has 152 valence electrons. The van der Waals surface area contributed by atoms with Crippen LogP contribution in [0.1, 0.15) is 71.1 Å². The third-order valence-corrected chi connectivity index (χ3v) is 7.60. The van der Waals surface area contributed by atoms with Crippen molar-refractivity contribution in [1.82, 2.24) is 0 Å². The summed E-state index contributed by atoms with van der Waals surface area (Å²) in [5, 5.41) is 29.1. The molecule has 1 unspecified atom stereocenters. The van der Waals surface area contributed by atoms with Crippen LogP contribution in [0.3, 0.4) is 0 Å². The fraction of sp³-hybridized carbons (Fsp3) is 0.783. The molecule has 3 fully saturated rings. The number of aliphatic hydroxyl groups is 2. The summed E-state index contributed by atoms with van der Waals surface area (Å²) in [5.41, 5.74) is 1.50. The first kappa shape index (κ1) is 20.6. The zero-order valence-electron chi connectivity index (χ0n) is 16.6. The van der Waals surface area contributed by atoms with Crippen LogP contribution in [0.15, 0.2) is 23.8 Å². The SMILES string of the molecule is CCCC1(C(CCC=C2C[C@@H]3C[C@@H](O)[C@H](C=CCO)[C@H]3C2)C(=O)O)CCC1. The summed E-state index contributed by atoms with van der Waals surface area (Å²) in [5.74, 6) is 0.353. The first-order valence-corrected chi connectivity index (χ1v) is 10.9. The van der Waals surface area contributed by atoms with Crippen molar-refractivity contribution < 1.29 is 20.1 Å². The molecule has 3 aliphatic carbocycles. The van der Waals surface area contributed by atoms with Crippen molar-refractivity contribution in [1.29, 1.82) is 0 Å². The van der Waals surface area contributed by atoms with Crippen LogP contribution in [-0.4, -0.2) is 34.0 Å². The number of rotatable bonds is 9. The maximum Gasteiger partial charge on any atom is 0.307 e. The Morgan fingerprint density at radius 2 is 2.11 bits per heavy atom. The molecule has 0 saturated heterocycles. The van der Waals surface area contributed by atoms with E-state index in [4.69, 9.17) is 5.11 Å². The van der Waals surface area contributed by atoms with Gasteiger partial charge < -0.3 is 15.3 Å². The molecule has 27 heavy (non-hydrogen) atoms. The zero-order chi connectivity index (χ0) is 19.4. The normalized spacial score (nSPS) is 34.7. The molecule has 0 aromatic rings. The molecule has 0 aromatic heterocycles. The highest BCUT2D eigenvalue weighted by Crippen LogP contribution is 2.53. The minimum absolute atomic E-state index is 0.0272. The standard InChI is InChI=1S/C23H36O4/c1-2-9-23(10-5-11-23)20(22(26)27)8-3-6-16-13-17-15-21(25)18(7-4-12-24)19(17)14-16/h4,6-7,17-21,24-25H,2-3,5,8-15H2,1H3,(H,26,27)/t17-,18-,19+,20?,21-/m1/s1. The second-order valence-electron chi connectivity index (χ2n) is 9.12. The van der Waals surface area contributed by atoms with Gasteiger partial charge in [0.05, 0.1) is 18.6 Å². The summed E-state index contributed by atoms with van der Waals surface area (Å²) in [7, 11) is 0. The Morgan fingerprint density at radius 1 is 1.33 bits per heavy atom. The predicted octanol–water partition coefficient (Wildman–Crippen LogP) is 4.32. The van der Waals surface area contributed by atoms with E-state index in [9.17, 15) is 15.0 Å². The van der Waals surface area contributed by atoms with Gasteiger partial charge in [0.25, 0.3) is 0 Å². The quantitative estimate of drug-likeness (QED) is 0.524. The summed E-state index contributed by atoms with van der Waals surface area (Å²) < 4.78 is 0. The lowest BCUT2D eigenvalue weighted by Crippen LogP contribution is -2.41. The Hall–Kier alpha value is -1.13. The van der Waals surface area contributed by atoms with Crippen LogP contribution >= 0.6 is 0 Å². The molecule has 3 N–H and O–H groups in total. The lowest BCUT2D eigenvalue weighted by atomic mass is 9.58. The van der Waals surface area contributed by atoms with Crippen molar-refractivity contribution in [3.63, 3.8) is 0 Å². The number of aliphatic carboxylic acids is 1. The molecule has 0 spiro atoms. The van der Waals surface area contributed by atoms with Crippen LogP contribution in [0.25, 0.3) is 0 Å². The predicted molar refractivity (Wildman–Crippen MR) is 106 cm³/mol. The molecule has 3 rings (SSSR count). The van der Waals surface area contributed by atoms with Gasteiger partial charge in [0.1, 0.15) is 0 Å². The van der Waals surface area contributed by atoms with Crippen LogP contribution in [0.4, 0.5) is 0 Å². The van der Waals surface area contributed by atoms with Crippen molar-refractivity contribution >= 4 is 5.97 Å². The van der Waals surface area contributed by atoms with Gasteiger partial charge in [0, 0.05) is 5.92 Å². The second kappa shape index (κ2) is 8.91. The van der Waals surface area contributed by atoms with Crippen LogP contribution in [0, 0.1) is 29.1 Å². The molecule has 0 aromatic carbocycles. The van der Waals surface area contributed by atoms with Gasteiger partial charge in [0.2, 0.25) is 0 Å². The van der Waals surface area contributed by atoms with E-state index in [1.54, 1.807) is 6.08 Å². The number of carbonyl (C=O) groups is 1. The molecular weight excluding hydrogens is 340 g/mol. The fourth-order valence-corrected chi connectivity index (χ4v) is 6.20. The highest BCUT2D eigenvalue weighted by Gasteiger charge is 2.47. The largest absolute Gasteiger partial charge is 0.481 e. The molecule has 0 aliphatic heterocycles. The average molecular weight is 377 g/mol. The first-order chi connectivity index (χ1) is 13.0. The van der Waals surface area contributed by atoms with E-state index in [2.05, 4.69) is 13.0 Å². The van der Waals surface area contributed by atoms with Gasteiger partial charge in [-0.05, 0) is 68.6 Å². The average Bonchev–Trinajstić information content (AvgIpc) is 3.10. The number of carboxylic acids is 1. The van der Waals surface area contributed by atoms with Crippen LogP contribution < -0.4 is 0 Å². The summed E-state index contributed by atoms with van der Waals surface area (Å²) in [6.45, 7) is 2.19. The van der Waals surface area contributed by atoms with Gasteiger partial charge in [0.15, 0.2) is 0 Å². The smallest absolute Gasteiger partial charge is 0.307 e. The maximum absolute atomic E-state index is 11.9. The lowest BCUT2D eigenvalue weighted by Gasteiger charge is -2.46. The summed E-state index contributed by atoms with van der Waals surface area (Å²) in [4.78, 5) is 11.9. The molecule has 3 saturated carbocycles. The number of carboxylic acid groups (broad SMARTS) is 1. The number of hydrogen-bond donors (Lipinski definition) is 3. The Morgan fingerprint density at radius 3 is 2.70 bits per heavy atom. The van der Waals surface area contributed by atoms with Gasteiger partial charge in [-0.1, -0.05) is 43.6 Å². The van der Waals surface area contributed by atoms with Gasteiger partial charge >= 0.3 is 5.97 Å². The van der Waals surface area contributed by atoms with Crippen LogP contribution in [-0.2, 0) is 4.79 Å². The first-order valence-electron chi connectivity index (χ1n) is 10.9. The van der Waals surface area contributed by atoms with Gasteiger partial charge in [-0.3, -0.25) is 4.79 Å². The summed E-state index contributed by atoms with van der Waals surface area (Å²) in [6, 6.07) is 0. The van der Waals surface area contributed by atoms with Crippen molar-refractivity contribution in [2.24, 2.45) is 29.1 Å². The molecule has 0 radical (unpaired) electrons. The van der Waals surface area contributed by atoms with E-state index in [1.165, 1.54) is 12.0 Å². The topological polar surface area (TPSA) is 77.8 Å². The van der Waals surface area contributed by atoms with Crippen molar-refractivity contribution in [2.75, 3.05) is 6.61 Å². The van der Waals surface area contributed by atoms with Crippen LogP contribution in [0.2, 0.25) is 0 Å². The van der Waals surface area contributed by atoms with E-state index in [0.29, 0.717) is 11.8 Å². The number of hydrogen-bond acceptors (Lipinski definition) is 3. The Balaban J connectivity index is 1.57. The maximum atomic E-state index is 11.9. The monoisotopic (exact) mass is 376 g/mol. The highest BCUT2D eigenvalue weighted by atomic mass is 16.4. The summed E-state index contributed by atoms with van der Waals surface area (Å²) in [6.07, 6.45) is 15.7.